The van der Waals surface area contributed by atoms with E-state index in [1.54, 1.807) is 13.2 Å². The predicted molar refractivity (Wildman–Crippen MR) is 76.5 cm³/mol. The van der Waals surface area contributed by atoms with Crippen molar-refractivity contribution < 1.29 is 9.84 Å². The number of aliphatic hydroxyl groups excluding tert-OH is 1. The average molecular weight is 252 g/mol. The highest BCUT2D eigenvalue weighted by molar-refractivity contribution is 5.12. The van der Waals surface area contributed by atoms with Crippen LogP contribution in [0.25, 0.3) is 0 Å². The molecule has 0 bridgehead atoms. The van der Waals surface area contributed by atoms with Crippen molar-refractivity contribution in [2.75, 3.05) is 7.11 Å². The normalized spacial score (nSPS) is 28.5. The third kappa shape index (κ3) is 3.04. The molecule has 0 aliphatic heterocycles. The van der Waals surface area contributed by atoms with Crippen LogP contribution in [0.3, 0.4) is 0 Å². The summed E-state index contributed by atoms with van der Waals surface area (Å²) < 4.78 is 5.40. The Labute approximate surface area is 112 Å². The zero-order chi connectivity index (χ0) is 14.0. The van der Waals surface area contributed by atoms with Gasteiger partial charge in [0.2, 0.25) is 0 Å². The van der Waals surface area contributed by atoms with E-state index >= 15 is 0 Å². The third-order valence-corrected chi connectivity index (χ3v) is 4.72. The Balaban J connectivity index is 2.81. The summed E-state index contributed by atoms with van der Waals surface area (Å²) in [5.74, 6) is 0.357. The molecule has 0 aromatic heterocycles. The zero-order valence-corrected chi connectivity index (χ0v) is 12.3. The van der Waals surface area contributed by atoms with Gasteiger partial charge in [-0.25, -0.2) is 0 Å². The summed E-state index contributed by atoms with van der Waals surface area (Å²) >= 11 is 0. The fourth-order valence-electron chi connectivity index (χ4n) is 2.97. The van der Waals surface area contributed by atoms with Crippen molar-refractivity contribution in [1.29, 1.82) is 0 Å². The Bertz CT molecular complexity index is 319. The van der Waals surface area contributed by atoms with Gasteiger partial charge in [-0.1, -0.05) is 32.1 Å². The van der Waals surface area contributed by atoms with Crippen molar-refractivity contribution in [3.05, 3.63) is 24.8 Å². The van der Waals surface area contributed by atoms with Crippen molar-refractivity contribution in [3.63, 3.8) is 0 Å². The molecule has 0 aromatic carbocycles. The Morgan fingerprint density at radius 2 is 2.22 bits per heavy atom. The first kappa shape index (κ1) is 15.5. The SMILES string of the molecule is C=C[C@](C)(OC)[C@H](O)C[C@H]1C(=C)CCCC1(C)C. The monoisotopic (exact) mass is 252 g/mol. The van der Waals surface area contributed by atoms with Crippen LogP contribution in [-0.4, -0.2) is 23.9 Å². The average Bonchev–Trinajstić information content (AvgIpc) is 2.32. The first-order chi connectivity index (χ1) is 8.27. The maximum absolute atomic E-state index is 10.4. The summed E-state index contributed by atoms with van der Waals surface area (Å²) in [4.78, 5) is 0. The molecule has 3 atom stereocenters. The van der Waals surface area contributed by atoms with Crippen LogP contribution in [0.15, 0.2) is 24.8 Å². The summed E-state index contributed by atoms with van der Waals surface area (Å²) in [7, 11) is 1.62. The van der Waals surface area contributed by atoms with E-state index in [4.69, 9.17) is 4.74 Å². The van der Waals surface area contributed by atoms with Gasteiger partial charge in [0.25, 0.3) is 0 Å². The second-order valence-corrected chi connectivity index (χ2v) is 6.40. The highest BCUT2D eigenvalue weighted by Gasteiger charge is 2.39. The maximum atomic E-state index is 10.4. The summed E-state index contributed by atoms with van der Waals surface area (Å²) in [6.07, 6.45) is 5.33. The minimum absolute atomic E-state index is 0.214. The van der Waals surface area contributed by atoms with Gasteiger partial charge in [0.1, 0.15) is 5.60 Å². The van der Waals surface area contributed by atoms with Gasteiger partial charge in [-0.05, 0) is 43.9 Å². The van der Waals surface area contributed by atoms with Crippen molar-refractivity contribution in [3.8, 4) is 0 Å². The molecule has 104 valence electrons. The van der Waals surface area contributed by atoms with Gasteiger partial charge < -0.3 is 9.84 Å². The fourth-order valence-corrected chi connectivity index (χ4v) is 2.97. The van der Waals surface area contributed by atoms with Crippen LogP contribution in [0.2, 0.25) is 0 Å². The first-order valence-corrected chi connectivity index (χ1v) is 6.81. The van der Waals surface area contributed by atoms with Crippen molar-refractivity contribution in [2.24, 2.45) is 11.3 Å². The van der Waals surface area contributed by atoms with E-state index in [1.165, 1.54) is 18.4 Å². The number of rotatable bonds is 5. The van der Waals surface area contributed by atoms with Crippen LogP contribution in [0.1, 0.15) is 46.5 Å². The number of methoxy groups -OCH3 is 1. The molecule has 2 heteroatoms. The third-order valence-electron chi connectivity index (χ3n) is 4.72. The van der Waals surface area contributed by atoms with Crippen molar-refractivity contribution in [2.45, 2.75) is 58.2 Å². The van der Waals surface area contributed by atoms with Gasteiger partial charge >= 0.3 is 0 Å². The lowest BCUT2D eigenvalue weighted by Crippen LogP contribution is -2.43. The van der Waals surface area contributed by atoms with Crippen LogP contribution in [0, 0.1) is 11.3 Å². The minimum atomic E-state index is -0.673. The molecule has 1 saturated carbocycles. The van der Waals surface area contributed by atoms with E-state index in [9.17, 15) is 5.11 Å². The molecule has 1 aliphatic carbocycles. The minimum Gasteiger partial charge on any atom is -0.390 e. The first-order valence-electron chi connectivity index (χ1n) is 6.81. The quantitative estimate of drug-likeness (QED) is 0.756. The summed E-state index contributed by atoms with van der Waals surface area (Å²) in [6.45, 7) is 14.4. The van der Waals surface area contributed by atoms with E-state index < -0.39 is 11.7 Å². The standard InChI is InChI=1S/C16H28O2/c1-7-16(5,18-6)14(17)11-13-12(2)9-8-10-15(13,3)4/h7,13-14,17H,1-2,8-11H2,3-6H3/t13-,14+,16-/m0/s1. The second-order valence-electron chi connectivity index (χ2n) is 6.40. The van der Waals surface area contributed by atoms with E-state index in [-0.39, 0.29) is 5.41 Å². The van der Waals surface area contributed by atoms with E-state index in [1.807, 2.05) is 6.92 Å². The molecular formula is C16H28O2. The van der Waals surface area contributed by atoms with Crippen LogP contribution in [0.5, 0.6) is 0 Å². The molecular weight excluding hydrogens is 224 g/mol. The summed E-state index contributed by atoms with van der Waals surface area (Å²) in [5.41, 5.74) is 0.813. The molecule has 1 N–H and O–H groups in total. The lowest BCUT2D eigenvalue weighted by Gasteiger charge is -2.43. The molecule has 0 amide bonds. The molecule has 1 aliphatic rings. The molecule has 1 rings (SSSR count). The Morgan fingerprint density at radius 1 is 1.61 bits per heavy atom. The molecule has 0 radical (unpaired) electrons. The van der Waals surface area contributed by atoms with Gasteiger partial charge in [0, 0.05) is 7.11 Å². The molecule has 0 saturated heterocycles. The molecule has 0 spiro atoms. The summed E-state index contributed by atoms with van der Waals surface area (Å²) in [5, 5.41) is 10.4. The smallest absolute Gasteiger partial charge is 0.109 e. The molecule has 0 aromatic rings. The Morgan fingerprint density at radius 3 is 2.67 bits per heavy atom. The molecule has 0 unspecified atom stereocenters. The van der Waals surface area contributed by atoms with Crippen molar-refractivity contribution >= 4 is 0 Å². The van der Waals surface area contributed by atoms with Gasteiger partial charge in [-0.15, -0.1) is 6.58 Å². The van der Waals surface area contributed by atoms with Crippen LogP contribution in [-0.2, 0) is 4.74 Å². The Kier molecular flexibility index (Phi) is 4.79. The topological polar surface area (TPSA) is 29.5 Å². The highest BCUT2D eigenvalue weighted by atomic mass is 16.5. The van der Waals surface area contributed by atoms with E-state index in [0.29, 0.717) is 12.3 Å². The zero-order valence-electron chi connectivity index (χ0n) is 12.3. The fraction of sp³-hybridized carbons (Fsp3) is 0.750. The van der Waals surface area contributed by atoms with Gasteiger partial charge in [-0.2, -0.15) is 0 Å². The largest absolute Gasteiger partial charge is 0.390 e. The predicted octanol–water partition coefficient (Wildman–Crippen LogP) is 3.71. The number of hydrogen-bond acceptors (Lipinski definition) is 2. The number of hydrogen-bond donors (Lipinski definition) is 1. The lowest BCUT2D eigenvalue weighted by molar-refractivity contribution is -0.0711. The number of ether oxygens (including phenoxy) is 1. The second kappa shape index (κ2) is 5.58. The number of allylic oxidation sites excluding steroid dienone is 1. The van der Waals surface area contributed by atoms with Crippen molar-refractivity contribution in [1.82, 2.24) is 0 Å². The van der Waals surface area contributed by atoms with Gasteiger partial charge in [0.05, 0.1) is 6.10 Å². The summed E-state index contributed by atoms with van der Waals surface area (Å²) in [6, 6.07) is 0. The highest BCUT2D eigenvalue weighted by Crippen LogP contribution is 2.46. The molecule has 1 fully saturated rings. The molecule has 18 heavy (non-hydrogen) atoms. The number of aliphatic hydroxyl groups is 1. The Hall–Kier alpha value is -0.600. The van der Waals surface area contributed by atoms with E-state index in [2.05, 4.69) is 27.0 Å². The maximum Gasteiger partial charge on any atom is 0.109 e. The van der Waals surface area contributed by atoms with E-state index in [0.717, 1.165) is 6.42 Å². The molecule has 2 nitrogen and oxygen atoms in total. The van der Waals surface area contributed by atoms with Gasteiger partial charge in [0.15, 0.2) is 0 Å². The van der Waals surface area contributed by atoms with Crippen LogP contribution >= 0.6 is 0 Å². The lowest BCUT2D eigenvalue weighted by atomic mass is 9.64. The van der Waals surface area contributed by atoms with Gasteiger partial charge in [-0.3, -0.25) is 0 Å². The van der Waals surface area contributed by atoms with Crippen LogP contribution < -0.4 is 0 Å². The van der Waals surface area contributed by atoms with Crippen LogP contribution in [0.4, 0.5) is 0 Å². The molecule has 0 heterocycles.